The topological polar surface area (TPSA) is 49.3 Å². The number of carbonyl (C=O) groups is 1. The molecular weight excluding hydrogens is 190 g/mol. The Morgan fingerprint density at radius 2 is 2.07 bits per heavy atom. The van der Waals surface area contributed by atoms with Crippen LogP contribution in [-0.4, -0.2) is 23.2 Å². The van der Waals surface area contributed by atoms with Gasteiger partial charge in [-0.3, -0.25) is 4.79 Å². The van der Waals surface area contributed by atoms with E-state index in [1.54, 1.807) is 6.92 Å². The lowest BCUT2D eigenvalue weighted by atomic mass is 10.00. The third kappa shape index (κ3) is 7.37. The second-order valence-electron chi connectivity index (χ2n) is 4.74. The lowest BCUT2D eigenvalue weighted by Crippen LogP contribution is -2.40. The van der Waals surface area contributed by atoms with Crippen LogP contribution in [0.5, 0.6) is 0 Å². The van der Waals surface area contributed by atoms with Gasteiger partial charge in [0.25, 0.3) is 0 Å². The van der Waals surface area contributed by atoms with E-state index in [4.69, 9.17) is 0 Å². The molecule has 3 nitrogen and oxygen atoms in total. The van der Waals surface area contributed by atoms with Crippen LogP contribution in [0.3, 0.4) is 0 Å². The van der Waals surface area contributed by atoms with E-state index in [2.05, 4.69) is 19.2 Å². The maximum atomic E-state index is 11.4. The summed E-state index contributed by atoms with van der Waals surface area (Å²) in [6.07, 6.45) is 3.21. The molecule has 15 heavy (non-hydrogen) atoms. The summed E-state index contributed by atoms with van der Waals surface area (Å²) in [5.74, 6) is 0.460. The Morgan fingerprint density at radius 1 is 1.47 bits per heavy atom. The van der Waals surface area contributed by atoms with Gasteiger partial charge in [0, 0.05) is 13.0 Å². The van der Waals surface area contributed by atoms with Crippen molar-refractivity contribution in [2.75, 3.05) is 6.54 Å². The molecule has 0 aliphatic heterocycles. The van der Waals surface area contributed by atoms with Crippen LogP contribution in [0.4, 0.5) is 0 Å². The van der Waals surface area contributed by atoms with Crippen molar-refractivity contribution in [2.45, 2.75) is 59.0 Å². The van der Waals surface area contributed by atoms with E-state index in [1.165, 1.54) is 0 Å². The molecule has 0 radical (unpaired) electrons. The molecule has 0 fully saturated rings. The highest BCUT2D eigenvalue weighted by Crippen LogP contribution is 2.11. The van der Waals surface area contributed by atoms with Gasteiger partial charge in [0.2, 0.25) is 5.91 Å². The number of rotatable bonds is 7. The Kier molecular flexibility index (Phi) is 6.57. The van der Waals surface area contributed by atoms with E-state index >= 15 is 0 Å². The Morgan fingerprint density at radius 3 is 2.53 bits per heavy atom. The number of hydrogen-bond donors (Lipinski definition) is 2. The number of hydrogen-bond acceptors (Lipinski definition) is 2. The highest BCUT2D eigenvalue weighted by molar-refractivity contribution is 5.76. The fourth-order valence-corrected chi connectivity index (χ4v) is 1.45. The van der Waals surface area contributed by atoms with Crippen molar-refractivity contribution in [3.05, 3.63) is 0 Å². The van der Waals surface area contributed by atoms with E-state index < -0.39 is 5.60 Å². The molecule has 0 aromatic carbocycles. The molecule has 0 bridgehead atoms. The summed E-state index contributed by atoms with van der Waals surface area (Å²) in [6.45, 7) is 8.28. The monoisotopic (exact) mass is 215 g/mol. The predicted octanol–water partition coefficient (Wildman–Crippen LogP) is 2.09. The highest BCUT2D eigenvalue weighted by atomic mass is 16.3. The second-order valence-corrected chi connectivity index (χ2v) is 4.74. The summed E-state index contributed by atoms with van der Waals surface area (Å²) < 4.78 is 0. The van der Waals surface area contributed by atoms with E-state index in [1.807, 2.05) is 6.92 Å². The van der Waals surface area contributed by atoms with Gasteiger partial charge in [0.15, 0.2) is 0 Å². The van der Waals surface area contributed by atoms with Gasteiger partial charge in [-0.1, -0.05) is 33.6 Å². The maximum Gasteiger partial charge on any atom is 0.220 e. The zero-order valence-corrected chi connectivity index (χ0v) is 10.5. The fourth-order valence-electron chi connectivity index (χ4n) is 1.45. The molecule has 1 amide bonds. The Hall–Kier alpha value is -0.570. The van der Waals surface area contributed by atoms with Crippen molar-refractivity contribution in [3.63, 3.8) is 0 Å². The molecule has 0 aliphatic rings. The Balaban J connectivity index is 3.79. The normalized spacial score (nSPS) is 16.9. The predicted molar refractivity (Wildman–Crippen MR) is 62.6 cm³/mol. The minimum Gasteiger partial charge on any atom is -0.388 e. The van der Waals surface area contributed by atoms with E-state index in [0.29, 0.717) is 18.9 Å². The minimum atomic E-state index is -0.764. The van der Waals surface area contributed by atoms with Crippen molar-refractivity contribution in [3.8, 4) is 0 Å². The van der Waals surface area contributed by atoms with Gasteiger partial charge in [-0.15, -0.1) is 0 Å². The van der Waals surface area contributed by atoms with Gasteiger partial charge < -0.3 is 10.4 Å². The molecule has 2 N–H and O–H groups in total. The molecule has 0 saturated heterocycles. The van der Waals surface area contributed by atoms with Gasteiger partial charge in [0.1, 0.15) is 0 Å². The van der Waals surface area contributed by atoms with Crippen molar-refractivity contribution in [1.29, 1.82) is 0 Å². The molecule has 0 spiro atoms. The molecule has 0 saturated carbocycles. The largest absolute Gasteiger partial charge is 0.388 e. The lowest BCUT2D eigenvalue weighted by molar-refractivity contribution is -0.123. The maximum absolute atomic E-state index is 11.4. The van der Waals surface area contributed by atoms with Crippen LogP contribution >= 0.6 is 0 Å². The van der Waals surface area contributed by atoms with Crippen molar-refractivity contribution in [2.24, 2.45) is 5.92 Å². The van der Waals surface area contributed by atoms with Crippen LogP contribution in [-0.2, 0) is 4.79 Å². The second kappa shape index (κ2) is 6.83. The summed E-state index contributed by atoms with van der Waals surface area (Å²) in [5, 5.41) is 12.6. The van der Waals surface area contributed by atoms with Crippen LogP contribution in [0.15, 0.2) is 0 Å². The summed E-state index contributed by atoms with van der Waals surface area (Å²) in [4.78, 5) is 11.4. The number of nitrogens with one attached hydrogen (secondary N) is 1. The van der Waals surface area contributed by atoms with Crippen molar-refractivity contribution >= 4 is 5.91 Å². The summed E-state index contributed by atoms with van der Waals surface area (Å²) in [6, 6.07) is 0. The SMILES string of the molecule is CCCC(C)(O)CNC(=O)CC(C)CC. The molecule has 90 valence electrons. The first-order chi connectivity index (χ1) is 6.91. The number of carbonyl (C=O) groups excluding carboxylic acids is 1. The molecule has 0 rings (SSSR count). The summed E-state index contributed by atoms with van der Waals surface area (Å²) in [7, 11) is 0. The van der Waals surface area contributed by atoms with Crippen LogP contribution < -0.4 is 5.32 Å². The van der Waals surface area contributed by atoms with Crippen LogP contribution in [0, 0.1) is 5.92 Å². The Labute approximate surface area is 93.3 Å². The van der Waals surface area contributed by atoms with E-state index in [9.17, 15) is 9.90 Å². The zero-order chi connectivity index (χ0) is 11.9. The summed E-state index contributed by atoms with van der Waals surface area (Å²) >= 11 is 0. The van der Waals surface area contributed by atoms with Crippen molar-refractivity contribution in [1.82, 2.24) is 5.32 Å². The van der Waals surface area contributed by atoms with Crippen molar-refractivity contribution < 1.29 is 9.90 Å². The van der Waals surface area contributed by atoms with Gasteiger partial charge in [-0.2, -0.15) is 0 Å². The molecule has 2 unspecified atom stereocenters. The molecular formula is C12H25NO2. The molecule has 2 atom stereocenters. The van der Waals surface area contributed by atoms with Crippen LogP contribution in [0.1, 0.15) is 53.4 Å². The molecule has 0 aromatic heterocycles. The van der Waals surface area contributed by atoms with Gasteiger partial charge in [-0.05, 0) is 19.3 Å². The Bertz CT molecular complexity index is 190. The first kappa shape index (κ1) is 14.4. The van der Waals surface area contributed by atoms with E-state index in [-0.39, 0.29) is 5.91 Å². The van der Waals surface area contributed by atoms with Crippen LogP contribution in [0.25, 0.3) is 0 Å². The highest BCUT2D eigenvalue weighted by Gasteiger charge is 2.20. The van der Waals surface area contributed by atoms with Gasteiger partial charge >= 0.3 is 0 Å². The first-order valence-electron chi connectivity index (χ1n) is 5.90. The third-order valence-electron chi connectivity index (χ3n) is 2.69. The molecule has 0 heterocycles. The summed E-state index contributed by atoms with van der Waals surface area (Å²) in [5.41, 5.74) is -0.764. The first-order valence-corrected chi connectivity index (χ1v) is 5.90. The number of aliphatic hydroxyl groups is 1. The van der Waals surface area contributed by atoms with Crippen LogP contribution in [0.2, 0.25) is 0 Å². The molecule has 0 aromatic rings. The zero-order valence-electron chi connectivity index (χ0n) is 10.5. The quantitative estimate of drug-likeness (QED) is 0.683. The number of amides is 1. The molecule has 3 heteroatoms. The third-order valence-corrected chi connectivity index (χ3v) is 2.69. The average Bonchev–Trinajstić information content (AvgIpc) is 2.15. The minimum absolute atomic E-state index is 0.0423. The van der Waals surface area contributed by atoms with E-state index in [0.717, 1.165) is 19.3 Å². The fraction of sp³-hybridized carbons (Fsp3) is 0.917. The van der Waals surface area contributed by atoms with Gasteiger partial charge in [0.05, 0.1) is 5.60 Å². The lowest BCUT2D eigenvalue weighted by Gasteiger charge is -2.23. The van der Waals surface area contributed by atoms with Gasteiger partial charge in [-0.25, -0.2) is 0 Å². The molecule has 0 aliphatic carbocycles. The standard InChI is InChI=1S/C12H25NO2/c1-5-7-12(4,15)9-13-11(14)8-10(3)6-2/h10,15H,5-9H2,1-4H3,(H,13,14). The smallest absolute Gasteiger partial charge is 0.220 e. The average molecular weight is 215 g/mol.